The van der Waals surface area contributed by atoms with Gasteiger partial charge < -0.3 is 25.5 Å². The minimum Gasteiger partial charge on any atom is -0.389 e. The van der Waals surface area contributed by atoms with Crippen molar-refractivity contribution in [1.29, 1.82) is 0 Å². The lowest BCUT2D eigenvalue weighted by Gasteiger charge is -2.32. The number of benzene rings is 2. The molecule has 2 atom stereocenters. The SMILES string of the molecule is CCCN(c1cc(C(=O)N[C@@H](Cc2ccccc2)[C@@H](O)CN(CC)C(=O)NC2CCCCC2)cc(N2CCCC2=O)c1)S(C)(=O)=O. The maximum atomic E-state index is 13.9. The second-order valence-corrected chi connectivity index (χ2v) is 14.3. The van der Waals surface area contributed by atoms with E-state index in [0.717, 1.165) is 37.5 Å². The molecule has 0 radical (unpaired) electrons. The number of sulfonamides is 1. The number of nitrogens with one attached hydrogen (secondary N) is 2. The summed E-state index contributed by atoms with van der Waals surface area (Å²) in [4.78, 5) is 42.9. The summed E-state index contributed by atoms with van der Waals surface area (Å²) >= 11 is 0. The number of likely N-dealkylation sites (N-methyl/N-ethyl adjacent to an activating group) is 1. The summed E-state index contributed by atoms with van der Waals surface area (Å²) in [5, 5.41) is 17.6. The van der Waals surface area contributed by atoms with Gasteiger partial charge in [-0.05, 0) is 62.8 Å². The Bertz CT molecular complexity index is 1450. The van der Waals surface area contributed by atoms with Crippen LogP contribution in [0, 0.1) is 0 Å². The van der Waals surface area contributed by atoms with E-state index in [2.05, 4.69) is 10.6 Å². The van der Waals surface area contributed by atoms with Crippen LogP contribution in [0.25, 0.3) is 0 Å². The van der Waals surface area contributed by atoms with Crippen molar-refractivity contribution in [2.45, 2.75) is 89.8 Å². The van der Waals surface area contributed by atoms with Crippen molar-refractivity contribution in [1.82, 2.24) is 15.5 Å². The molecule has 12 heteroatoms. The van der Waals surface area contributed by atoms with Crippen molar-refractivity contribution >= 4 is 39.2 Å². The molecular weight excluding hydrogens is 606 g/mol. The van der Waals surface area contributed by atoms with Crippen molar-refractivity contribution in [3.63, 3.8) is 0 Å². The summed E-state index contributed by atoms with van der Waals surface area (Å²) in [5.74, 6) is -0.608. The average molecular weight is 656 g/mol. The number of aliphatic hydroxyl groups excluding tert-OH is 1. The van der Waals surface area contributed by atoms with Crippen LogP contribution in [0.5, 0.6) is 0 Å². The average Bonchev–Trinajstić information content (AvgIpc) is 3.47. The Labute approximate surface area is 273 Å². The Hall–Kier alpha value is -3.64. The van der Waals surface area contributed by atoms with Crippen LogP contribution in [0.3, 0.4) is 0 Å². The van der Waals surface area contributed by atoms with Crippen LogP contribution in [-0.4, -0.2) is 86.9 Å². The Morgan fingerprint density at radius 2 is 1.76 bits per heavy atom. The largest absolute Gasteiger partial charge is 0.389 e. The Morgan fingerprint density at radius 3 is 2.37 bits per heavy atom. The molecule has 1 aliphatic carbocycles. The minimum atomic E-state index is -3.67. The first kappa shape index (κ1) is 35.2. The van der Waals surface area contributed by atoms with E-state index in [4.69, 9.17) is 0 Å². The molecule has 1 saturated heterocycles. The number of carbonyl (C=O) groups excluding carboxylic acids is 3. The Balaban J connectivity index is 1.62. The smallest absolute Gasteiger partial charge is 0.317 e. The zero-order valence-electron chi connectivity index (χ0n) is 27.3. The summed E-state index contributed by atoms with van der Waals surface area (Å²) < 4.78 is 26.8. The highest BCUT2D eigenvalue weighted by Gasteiger charge is 2.29. The number of anilines is 2. The maximum Gasteiger partial charge on any atom is 0.317 e. The zero-order chi connectivity index (χ0) is 33.3. The molecule has 2 fully saturated rings. The first-order valence-electron chi connectivity index (χ1n) is 16.5. The summed E-state index contributed by atoms with van der Waals surface area (Å²) in [6.45, 7) is 4.80. The molecule has 2 aromatic rings. The molecule has 2 aromatic carbocycles. The third-order valence-corrected chi connectivity index (χ3v) is 9.95. The van der Waals surface area contributed by atoms with Crippen molar-refractivity contribution < 1.29 is 27.9 Å². The molecule has 2 aliphatic rings. The molecule has 252 valence electrons. The Morgan fingerprint density at radius 1 is 1.04 bits per heavy atom. The van der Waals surface area contributed by atoms with Crippen LogP contribution in [0.4, 0.5) is 16.2 Å². The number of aliphatic hydroxyl groups is 1. The lowest BCUT2D eigenvalue weighted by atomic mass is 9.96. The molecule has 4 rings (SSSR count). The van der Waals surface area contributed by atoms with E-state index in [1.165, 1.54) is 16.8 Å². The fourth-order valence-electron chi connectivity index (χ4n) is 6.26. The van der Waals surface area contributed by atoms with Crippen LogP contribution < -0.4 is 19.8 Å². The normalized spacial score (nSPS) is 17.0. The summed E-state index contributed by atoms with van der Waals surface area (Å²) in [7, 11) is -3.67. The van der Waals surface area contributed by atoms with Crippen LogP contribution in [-0.2, 0) is 21.2 Å². The van der Waals surface area contributed by atoms with Crippen molar-refractivity contribution in [2.24, 2.45) is 0 Å². The number of rotatable bonds is 14. The lowest BCUT2D eigenvalue weighted by Crippen LogP contribution is -2.53. The molecular formula is C34H49N5O6S. The van der Waals surface area contributed by atoms with Gasteiger partial charge in [-0.15, -0.1) is 0 Å². The fraction of sp³-hybridized carbons (Fsp3) is 0.559. The number of hydrogen-bond acceptors (Lipinski definition) is 6. The van der Waals surface area contributed by atoms with Gasteiger partial charge in [-0.1, -0.05) is 56.5 Å². The second kappa shape index (κ2) is 16.3. The number of hydrogen-bond donors (Lipinski definition) is 3. The molecule has 4 amide bonds. The summed E-state index contributed by atoms with van der Waals surface area (Å²) in [6, 6.07) is 13.3. The van der Waals surface area contributed by atoms with Crippen LogP contribution >= 0.6 is 0 Å². The van der Waals surface area contributed by atoms with E-state index in [1.807, 2.05) is 44.2 Å². The Kier molecular flexibility index (Phi) is 12.5. The van der Waals surface area contributed by atoms with E-state index in [1.54, 1.807) is 21.9 Å². The predicted octanol–water partition coefficient (Wildman–Crippen LogP) is 4.06. The van der Waals surface area contributed by atoms with Crippen molar-refractivity contribution in [3.8, 4) is 0 Å². The number of urea groups is 1. The minimum absolute atomic E-state index is 0.0127. The lowest BCUT2D eigenvalue weighted by molar-refractivity contribution is -0.117. The van der Waals surface area contributed by atoms with Gasteiger partial charge in [0.1, 0.15) is 0 Å². The molecule has 3 N–H and O–H groups in total. The highest BCUT2D eigenvalue weighted by Crippen LogP contribution is 2.30. The third kappa shape index (κ3) is 9.45. The summed E-state index contributed by atoms with van der Waals surface area (Å²) in [6.07, 6.45) is 7.14. The monoisotopic (exact) mass is 655 g/mol. The maximum absolute atomic E-state index is 13.9. The van der Waals surface area contributed by atoms with Gasteiger partial charge in [-0.25, -0.2) is 13.2 Å². The van der Waals surface area contributed by atoms with E-state index >= 15 is 0 Å². The molecule has 1 aliphatic heterocycles. The summed E-state index contributed by atoms with van der Waals surface area (Å²) in [5.41, 5.74) is 1.81. The molecule has 1 heterocycles. The van der Waals surface area contributed by atoms with Crippen LogP contribution in [0.2, 0.25) is 0 Å². The van der Waals surface area contributed by atoms with Gasteiger partial charge in [-0.2, -0.15) is 0 Å². The number of amides is 4. The molecule has 0 bridgehead atoms. The topological polar surface area (TPSA) is 139 Å². The third-order valence-electron chi connectivity index (χ3n) is 8.75. The molecule has 0 spiro atoms. The van der Waals surface area contributed by atoms with Gasteiger partial charge in [0.05, 0.1) is 30.6 Å². The first-order chi connectivity index (χ1) is 22.0. The number of nitrogens with zero attached hydrogens (tertiary/aromatic N) is 3. The molecule has 0 aromatic heterocycles. The van der Waals surface area contributed by atoms with Gasteiger partial charge in [0.15, 0.2) is 0 Å². The van der Waals surface area contributed by atoms with E-state index in [0.29, 0.717) is 50.1 Å². The zero-order valence-corrected chi connectivity index (χ0v) is 28.1. The molecule has 46 heavy (non-hydrogen) atoms. The van der Waals surface area contributed by atoms with Gasteiger partial charge in [0.25, 0.3) is 5.91 Å². The standard InChI is InChI=1S/C34H49N5O6S/c1-4-18-39(46(3,44)45)29-22-26(21-28(23-29)38-19-12-17-32(38)41)33(42)36-30(20-25-13-8-6-9-14-25)31(40)24-37(5-2)34(43)35-27-15-10-7-11-16-27/h6,8-9,13-14,21-23,27,30-31,40H,4-5,7,10-12,15-20,24H2,1-3H3,(H,35,43)(H,36,42)/t30-,31-/m0/s1. The van der Waals surface area contributed by atoms with E-state index < -0.39 is 28.1 Å². The van der Waals surface area contributed by atoms with E-state index in [-0.39, 0.29) is 36.6 Å². The fourth-order valence-corrected chi connectivity index (χ4v) is 7.26. The van der Waals surface area contributed by atoms with Crippen molar-refractivity contribution in [2.75, 3.05) is 41.6 Å². The van der Waals surface area contributed by atoms with Gasteiger partial charge in [0, 0.05) is 43.3 Å². The van der Waals surface area contributed by atoms with Gasteiger partial charge in [0.2, 0.25) is 15.9 Å². The quantitative estimate of drug-likeness (QED) is 0.281. The van der Waals surface area contributed by atoms with Crippen LogP contribution in [0.1, 0.15) is 81.1 Å². The molecule has 1 saturated carbocycles. The van der Waals surface area contributed by atoms with Crippen LogP contribution in [0.15, 0.2) is 48.5 Å². The molecule has 11 nitrogen and oxygen atoms in total. The predicted molar refractivity (Wildman–Crippen MR) is 181 cm³/mol. The van der Waals surface area contributed by atoms with E-state index in [9.17, 15) is 27.9 Å². The first-order valence-corrected chi connectivity index (χ1v) is 18.4. The highest BCUT2D eigenvalue weighted by atomic mass is 32.2. The van der Waals surface area contributed by atoms with Crippen molar-refractivity contribution in [3.05, 3.63) is 59.7 Å². The van der Waals surface area contributed by atoms with Gasteiger partial charge >= 0.3 is 6.03 Å². The van der Waals surface area contributed by atoms with Gasteiger partial charge in [-0.3, -0.25) is 13.9 Å². The second-order valence-electron chi connectivity index (χ2n) is 12.4. The number of carbonyl (C=O) groups is 3. The molecule has 0 unspecified atom stereocenters. The highest BCUT2D eigenvalue weighted by molar-refractivity contribution is 7.92.